The van der Waals surface area contributed by atoms with Crippen LogP contribution in [0.2, 0.25) is 0 Å². The van der Waals surface area contributed by atoms with Crippen LogP contribution in [0.4, 0.5) is 4.39 Å². The highest BCUT2D eigenvalue weighted by Gasteiger charge is 2.01. The molecule has 0 aliphatic carbocycles. The lowest BCUT2D eigenvalue weighted by Crippen LogP contribution is -2.16. The van der Waals surface area contributed by atoms with Gasteiger partial charge in [-0.3, -0.25) is 0 Å². The van der Waals surface area contributed by atoms with Crippen molar-refractivity contribution in [2.24, 2.45) is 7.05 Å². The van der Waals surface area contributed by atoms with Crippen molar-refractivity contribution in [3.8, 4) is 6.07 Å². The van der Waals surface area contributed by atoms with Crippen molar-refractivity contribution in [2.45, 2.75) is 13.0 Å². The topological polar surface area (TPSA) is 40.8 Å². The molecule has 0 bridgehead atoms. The average Bonchev–Trinajstić information content (AvgIpc) is 2.75. The maximum Gasteiger partial charge on any atom is 0.123 e. The van der Waals surface area contributed by atoms with Gasteiger partial charge in [0, 0.05) is 19.8 Å². The Bertz CT molecular complexity index is 596. The summed E-state index contributed by atoms with van der Waals surface area (Å²) in [5.74, 6) is -0.195. The number of aromatic nitrogens is 1. The third-order valence-corrected chi connectivity index (χ3v) is 2.98. The second-order valence-corrected chi connectivity index (χ2v) is 4.51. The molecule has 0 aliphatic rings. The molecule has 98 valence electrons. The maximum atomic E-state index is 13.0. The molecule has 0 atom stereocenters. The molecule has 1 aromatic carbocycles. The van der Waals surface area contributed by atoms with Gasteiger partial charge in [0.1, 0.15) is 17.6 Å². The molecule has 4 heteroatoms. The Balaban J connectivity index is 1.79. The first-order chi connectivity index (χ1) is 9.19. The minimum Gasteiger partial charge on any atom is -0.342 e. The highest BCUT2D eigenvalue weighted by atomic mass is 19.1. The smallest absolute Gasteiger partial charge is 0.123 e. The molecule has 0 unspecified atom stereocenters. The zero-order chi connectivity index (χ0) is 13.7. The Kier molecular flexibility index (Phi) is 4.32. The summed E-state index contributed by atoms with van der Waals surface area (Å²) in [6.45, 7) is 1.49. The third-order valence-electron chi connectivity index (χ3n) is 2.98. The van der Waals surface area contributed by atoms with Crippen molar-refractivity contribution in [2.75, 3.05) is 6.54 Å². The van der Waals surface area contributed by atoms with Crippen LogP contribution in [0.1, 0.15) is 16.8 Å². The van der Waals surface area contributed by atoms with Gasteiger partial charge in [0.2, 0.25) is 0 Å². The molecule has 0 fully saturated rings. The molecule has 2 aromatic rings. The summed E-state index contributed by atoms with van der Waals surface area (Å²) in [5.41, 5.74) is 2.72. The molecule has 0 radical (unpaired) electrons. The minimum absolute atomic E-state index is 0.195. The molecule has 1 heterocycles. The minimum atomic E-state index is -0.195. The van der Waals surface area contributed by atoms with Crippen molar-refractivity contribution in [3.05, 3.63) is 59.2 Å². The van der Waals surface area contributed by atoms with Crippen LogP contribution in [0.5, 0.6) is 0 Å². The molecule has 0 amide bonds. The van der Waals surface area contributed by atoms with Gasteiger partial charge < -0.3 is 9.88 Å². The van der Waals surface area contributed by atoms with Gasteiger partial charge in [0.15, 0.2) is 0 Å². The summed E-state index contributed by atoms with van der Waals surface area (Å²) in [6.07, 6.45) is 2.73. The maximum absolute atomic E-state index is 13.0. The van der Waals surface area contributed by atoms with Crippen LogP contribution in [-0.4, -0.2) is 11.1 Å². The van der Waals surface area contributed by atoms with E-state index in [-0.39, 0.29) is 5.82 Å². The molecule has 19 heavy (non-hydrogen) atoms. The van der Waals surface area contributed by atoms with Crippen LogP contribution in [0, 0.1) is 17.1 Å². The first kappa shape index (κ1) is 13.3. The Morgan fingerprint density at radius 1 is 1.32 bits per heavy atom. The number of nitriles is 1. The number of benzene rings is 1. The van der Waals surface area contributed by atoms with E-state index in [1.807, 2.05) is 29.9 Å². The number of nitrogens with zero attached hydrogens (tertiary/aromatic N) is 2. The SMILES string of the molecule is Cn1cc(CNCCc2cccc(F)c2)cc1C#N. The van der Waals surface area contributed by atoms with Gasteiger partial charge in [-0.1, -0.05) is 12.1 Å². The number of aryl methyl sites for hydroxylation is 1. The summed E-state index contributed by atoms with van der Waals surface area (Å²) in [7, 11) is 1.86. The van der Waals surface area contributed by atoms with Crippen LogP contribution in [0.3, 0.4) is 0 Å². The second-order valence-electron chi connectivity index (χ2n) is 4.51. The summed E-state index contributed by atoms with van der Waals surface area (Å²) >= 11 is 0. The van der Waals surface area contributed by atoms with Crippen LogP contribution in [-0.2, 0) is 20.0 Å². The third kappa shape index (κ3) is 3.67. The van der Waals surface area contributed by atoms with E-state index in [0.29, 0.717) is 12.2 Å². The number of hydrogen-bond donors (Lipinski definition) is 1. The van der Waals surface area contributed by atoms with Gasteiger partial charge in [0.25, 0.3) is 0 Å². The largest absolute Gasteiger partial charge is 0.342 e. The van der Waals surface area contributed by atoms with E-state index >= 15 is 0 Å². The quantitative estimate of drug-likeness (QED) is 0.835. The van der Waals surface area contributed by atoms with Gasteiger partial charge in [0.05, 0.1) is 0 Å². The van der Waals surface area contributed by atoms with Crippen LogP contribution in [0.15, 0.2) is 36.5 Å². The fraction of sp³-hybridized carbons (Fsp3) is 0.267. The standard InChI is InChI=1S/C15H16FN3/c1-19-11-13(8-15(19)9-17)10-18-6-5-12-3-2-4-14(16)7-12/h2-4,7-8,11,18H,5-6,10H2,1H3. The molecule has 1 N–H and O–H groups in total. The predicted octanol–water partition coefficient (Wildman–Crippen LogP) is 2.37. The van der Waals surface area contributed by atoms with Crippen LogP contribution >= 0.6 is 0 Å². The zero-order valence-corrected chi connectivity index (χ0v) is 10.9. The van der Waals surface area contributed by atoms with Gasteiger partial charge in [-0.05, 0) is 42.3 Å². The van der Waals surface area contributed by atoms with Crippen LogP contribution < -0.4 is 5.32 Å². The van der Waals surface area contributed by atoms with Crippen LogP contribution in [0.25, 0.3) is 0 Å². The number of halogens is 1. The summed E-state index contributed by atoms with van der Waals surface area (Å²) in [4.78, 5) is 0. The van der Waals surface area contributed by atoms with Gasteiger partial charge in [-0.15, -0.1) is 0 Å². The fourth-order valence-electron chi connectivity index (χ4n) is 2.00. The normalized spacial score (nSPS) is 10.4. The predicted molar refractivity (Wildman–Crippen MR) is 71.9 cm³/mol. The molecule has 1 aromatic heterocycles. The van der Waals surface area contributed by atoms with Crippen molar-refractivity contribution in [1.82, 2.24) is 9.88 Å². The van der Waals surface area contributed by atoms with E-state index in [1.54, 1.807) is 12.1 Å². The number of rotatable bonds is 5. The Morgan fingerprint density at radius 3 is 2.84 bits per heavy atom. The molecule has 3 nitrogen and oxygen atoms in total. The zero-order valence-electron chi connectivity index (χ0n) is 10.9. The van der Waals surface area contributed by atoms with Crippen molar-refractivity contribution in [3.63, 3.8) is 0 Å². The number of nitrogens with one attached hydrogen (secondary N) is 1. The van der Waals surface area contributed by atoms with E-state index < -0.39 is 0 Å². The van der Waals surface area contributed by atoms with Crippen molar-refractivity contribution < 1.29 is 4.39 Å². The molecule has 0 aliphatic heterocycles. The first-order valence-electron chi connectivity index (χ1n) is 6.19. The van der Waals surface area contributed by atoms with E-state index in [9.17, 15) is 4.39 Å². The Morgan fingerprint density at radius 2 is 2.16 bits per heavy atom. The summed E-state index contributed by atoms with van der Waals surface area (Å²) in [6, 6.07) is 10.6. The Labute approximate surface area is 112 Å². The van der Waals surface area contributed by atoms with E-state index in [1.165, 1.54) is 6.07 Å². The van der Waals surface area contributed by atoms with Gasteiger partial charge >= 0.3 is 0 Å². The molecule has 0 saturated heterocycles. The molecular formula is C15H16FN3. The highest BCUT2D eigenvalue weighted by molar-refractivity contribution is 5.28. The molecule has 2 rings (SSSR count). The van der Waals surface area contributed by atoms with Gasteiger partial charge in [-0.2, -0.15) is 5.26 Å². The summed E-state index contributed by atoms with van der Waals surface area (Å²) < 4.78 is 14.8. The van der Waals surface area contributed by atoms with Crippen molar-refractivity contribution >= 4 is 0 Å². The molecule has 0 saturated carbocycles. The van der Waals surface area contributed by atoms with Gasteiger partial charge in [-0.25, -0.2) is 4.39 Å². The molecule has 0 spiro atoms. The monoisotopic (exact) mass is 257 g/mol. The van der Waals surface area contributed by atoms with E-state index in [2.05, 4.69) is 11.4 Å². The fourth-order valence-corrected chi connectivity index (χ4v) is 2.00. The summed E-state index contributed by atoms with van der Waals surface area (Å²) in [5, 5.41) is 12.1. The second kappa shape index (κ2) is 6.17. The van der Waals surface area contributed by atoms with Crippen molar-refractivity contribution in [1.29, 1.82) is 5.26 Å². The lowest BCUT2D eigenvalue weighted by atomic mass is 10.1. The van der Waals surface area contributed by atoms with E-state index in [0.717, 1.165) is 24.1 Å². The lowest BCUT2D eigenvalue weighted by Gasteiger charge is -2.03. The average molecular weight is 257 g/mol. The Hall–Kier alpha value is -2.12. The number of hydrogen-bond acceptors (Lipinski definition) is 2. The highest BCUT2D eigenvalue weighted by Crippen LogP contribution is 2.06. The first-order valence-corrected chi connectivity index (χ1v) is 6.19. The van der Waals surface area contributed by atoms with E-state index in [4.69, 9.17) is 5.26 Å². The lowest BCUT2D eigenvalue weighted by molar-refractivity contribution is 0.622. The molecular weight excluding hydrogens is 241 g/mol.